The van der Waals surface area contributed by atoms with Gasteiger partial charge in [-0.05, 0) is 0 Å². The van der Waals surface area contributed by atoms with Crippen LogP contribution in [-0.2, 0) is 16.1 Å². The summed E-state index contributed by atoms with van der Waals surface area (Å²) in [5, 5.41) is 20.8. The van der Waals surface area contributed by atoms with E-state index in [9.17, 15) is 18.0 Å². The normalized spacial score (nSPS) is 10.5. The van der Waals surface area contributed by atoms with Crippen LogP contribution < -0.4 is 9.67 Å². The van der Waals surface area contributed by atoms with Crippen LogP contribution in [0.5, 0.6) is 0 Å². The van der Waals surface area contributed by atoms with Crippen molar-refractivity contribution in [3.05, 3.63) is 30.9 Å². The van der Waals surface area contributed by atoms with E-state index < -0.39 is 18.1 Å². The number of carbonyl (C=O) groups excluding carboxylic acids is 1. The molecular formula is C11H8F3N3O5. The molecule has 0 bridgehead atoms. The zero-order chi connectivity index (χ0) is 16.8. The topological polar surface area (TPSA) is 120 Å². The number of rotatable bonds is 3. The molecule has 0 aromatic carbocycles. The lowest BCUT2D eigenvalue weighted by Gasteiger charge is -2.03. The number of pyridine rings is 1. The number of halogens is 3. The van der Waals surface area contributed by atoms with Gasteiger partial charge in [0.05, 0.1) is 5.56 Å². The zero-order valence-electron chi connectivity index (χ0n) is 10.6. The molecule has 8 nitrogen and oxygen atoms in total. The number of aromatic nitrogens is 3. The summed E-state index contributed by atoms with van der Waals surface area (Å²) in [6, 6.07) is 3.44. The minimum atomic E-state index is -5.19. The summed E-state index contributed by atoms with van der Waals surface area (Å²) in [5.74, 6) is -3.48. The molecular weight excluding hydrogens is 311 g/mol. The molecule has 11 heteroatoms. The summed E-state index contributed by atoms with van der Waals surface area (Å²) < 4.78 is 37.9. The fraction of sp³-hybridized carbons (Fsp3) is 0.182. The lowest BCUT2D eigenvalue weighted by molar-refractivity contribution is -0.685. The largest absolute Gasteiger partial charge is 0.542 e. The minimum Gasteiger partial charge on any atom is -0.542 e. The van der Waals surface area contributed by atoms with E-state index in [4.69, 9.17) is 19.5 Å². The smallest absolute Gasteiger partial charge is 0.430 e. The second-order valence-electron chi connectivity index (χ2n) is 3.68. The van der Waals surface area contributed by atoms with Crippen LogP contribution in [0, 0.1) is 0 Å². The Hall–Kier alpha value is -2.98. The standard InChI is InChI=1S/C9H7N3O3.C2HF3O2/c13-8(14)5-12-3-1-7(2-4-12)9-10-6-11-15-9;3-2(4,5)1(6)7/h1-4,6H,5H2;(H,6,7). The lowest BCUT2D eigenvalue weighted by Crippen LogP contribution is -2.37. The number of aliphatic carboxylic acids is 2. The summed E-state index contributed by atoms with van der Waals surface area (Å²) >= 11 is 0. The molecule has 0 amide bonds. The highest BCUT2D eigenvalue weighted by Gasteiger charge is 2.28. The van der Waals surface area contributed by atoms with Crippen LogP contribution >= 0.6 is 0 Å². The van der Waals surface area contributed by atoms with Crippen molar-refractivity contribution in [1.82, 2.24) is 10.1 Å². The number of nitrogens with zero attached hydrogens (tertiary/aromatic N) is 3. The third kappa shape index (κ3) is 5.56. The lowest BCUT2D eigenvalue weighted by atomic mass is 10.3. The van der Waals surface area contributed by atoms with Gasteiger partial charge >= 0.3 is 12.1 Å². The van der Waals surface area contributed by atoms with Gasteiger partial charge in [-0.3, -0.25) is 0 Å². The predicted octanol–water partition coefficient (Wildman–Crippen LogP) is -0.593. The highest BCUT2D eigenvalue weighted by atomic mass is 19.4. The van der Waals surface area contributed by atoms with Crippen LogP contribution in [0.15, 0.2) is 35.4 Å². The maximum Gasteiger partial charge on any atom is 0.430 e. The number of carboxylic acid groups (broad SMARTS) is 2. The molecule has 0 aliphatic rings. The first-order valence-electron chi connectivity index (χ1n) is 5.46. The summed E-state index contributed by atoms with van der Waals surface area (Å²) in [6.07, 6.45) is -0.588. The van der Waals surface area contributed by atoms with Gasteiger partial charge in [0.2, 0.25) is 6.54 Å². The molecule has 0 spiro atoms. The van der Waals surface area contributed by atoms with Crippen molar-refractivity contribution in [2.24, 2.45) is 0 Å². The molecule has 0 saturated carbocycles. The molecule has 0 aliphatic heterocycles. The Morgan fingerprint density at radius 2 is 1.86 bits per heavy atom. The molecule has 2 aromatic rings. The molecule has 22 heavy (non-hydrogen) atoms. The second kappa shape index (κ2) is 7.15. The highest BCUT2D eigenvalue weighted by Crippen LogP contribution is 2.12. The number of alkyl halides is 3. The molecule has 0 fully saturated rings. The monoisotopic (exact) mass is 319 g/mol. The maximum absolute atomic E-state index is 10.5. The Balaban J connectivity index is 0.000000295. The van der Waals surface area contributed by atoms with Crippen LogP contribution in [0.1, 0.15) is 0 Å². The fourth-order valence-corrected chi connectivity index (χ4v) is 1.16. The van der Waals surface area contributed by atoms with Gasteiger partial charge in [0.1, 0.15) is 5.97 Å². The second-order valence-corrected chi connectivity index (χ2v) is 3.68. The van der Waals surface area contributed by atoms with Crippen molar-refractivity contribution in [2.75, 3.05) is 0 Å². The van der Waals surface area contributed by atoms with E-state index in [0.29, 0.717) is 5.89 Å². The molecule has 0 atom stereocenters. The van der Waals surface area contributed by atoms with E-state index in [1.165, 1.54) is 6.33 Å². The molecule has 1 N–H and O–H groups in total. The first-order valence-corrected chi connectivity index (χ1v) is 5.46. The Labute approximate surface area is 120 Å². The number of hydrogen-bond acceptors (Lipinski definition) is 6. The Morgan fingerprint density at radius 3 is 2.23 bits per heavy atom. The van der Waals surface area contributed by atoms with Gasteiger partial charge in [-0.25, -0.2) is 4.79 Å². The number of carbonyl (C=O) groups is 2. The Morgan fingerprint density at radius 1 is 1.32 bits per heavy atom. The average molecular weight is 319 g/mol. The molecule has 0 unspecified atom stereocenters. The minimum absolute atomic E-state index is 0.0654. The molecule has 2 aromatic heterocycles. The number of carboxylic acids is 2. The average Bonchev–Trinajstić information content (AvgIpc) is 2.92. The van der Waals surface area contributed by atoms with Gasteiger partial charge in [-0.2, -0.15) is 22.7 Å². The van der Waals surface area contributed by atoms with Gasteiger partial charge in [0.15, 0.2) is 18.7 Å². The van der Waals surface area contributed by atoms with E-state index >= 15 is 0 Å². The molecule has 2 heterocycles. The first-order chi connectivity index (χ1) is 10.2. The molecule has 0 saturated heterocycles. The van der Waals surface area contributed by atoms with Crippen LogP contribution in [0.2, 0.25) is 0 Å². The van der Waals surface area contributed by atoms with E-state index in [1.807, 2.05) is 0 Å². The van der Waals surface area contributed by atoms with Gasteiger partial charge < -0.3 is 19.5 Å². The van der Waals surface area contributed by atoms with Crippen LogP contribution in [0.25, 0.3) is 11.5 Å². The van der Waals surface area contributed by atoms with E-state index in [0.717, 1.165) is 5.56 Å². The van der Waals surface area contributed by atoms with E-state index in [1.54, 1.807) is 29.1 Å². The highest BCUT2D eigenvalue weighted by molar-refractivity contribution is 5.70. The van der Waals surface area contributed by atoms with Crippen LogP contribution in [-0.4, -0.2) is 33.4 Å². The van der Waals surface area contributed by atoms with E-state index in [-0.39, 0.29) is 6.54 Å². The van der Waals surface area contributed by atoms with Gasteiger partial charge in [-0.15, -0.1) is 0 Å². The number of hydrogen-bond donors (Lipinski definition) is 1. The third-order valence-electron chi connectivity index (χ3n) is 2.05. The third-order valence-corrected chi connectivity index (χ3v) is 2.05. The molecule has 118 valence electrons. The van der Waals surface area contributed by atoms with Crippen molar-refractivity contribution >= 4 is 11.9 Å². The molecule has 2 rings (SSSR count). The van der Waals surface area contributed by atoms with Crippen LogP contribution in [0.3, 0.4) is 0 Å². The Bertz CT molecular complexity index is 625. The van der Waals surface area contributed by atoms with Crippen molar-refractivity contribution < 1.29 is 42.1 Å². The Kier molecular flexibility index (Phi) is 5.55. The maximum atomic E-state index is 10.5. The fourth-order valence-electron chi connectivity index (χ4n) is 1.16. The summed E-state index contributed by atoms with van der Waals surface area (Å²) in [5.41, 5.74) is 0.758. The van der Waals surface area contributed by atoms with Crippen molar-refractivity contribution in [2.45, 2.75) is 12.7 Å². The first kappa shape index (κ1) is 17.1. The molecule has 0 radical (unpaired) electrons. The van der Waals surface area contributed by atoms with Crippen LogP contribution in [0.4, 0.5) is 13.2 Å². The quantitative estimate of drug-likeness (QED) is 0.750. The van der Waals surface area contributed by atoms with Crippen molar-refractivity contribution in [1.29, 1.82) is 0 Å². The van der Waals surface area contributed by atoms with Crippen molar-refractivity contribution in [3.8, 4) is 11.5 Å². The summed E-state index contributed by atoms with van der Waals surface area (Å²) in [6.45, 7) is -0.0654. The van der Waals surface area contributed by atoms with Crippen molar-refractivity contribution in [3.63, 3.8) is 0 Å². The summed E-state index contributed by atoms with van der Waals surface area (Å²) in [4.78, 5) is 23.1. The SMILES string of the molecule is O=C(O)C[n+]1ccc(-c2ncno2)cc1.O=C([O-])C(F)(F)F. The van der Waals surface area contributed by atoms with Gasteiger partial charge in [0, 0.05) is 12.1 Å². The zero-order valence-corrected chi connectivity index (χ0v) is 10.6. The van der Waals surface area contributed by atoms with Gasteiger partial charge in [0.25, 0.3) is 5.89 Å². The van der Waals surface area contributed by atoms with Gasteiger partial charge in [-0.1, -0.05) is 5.16 Å². The summed E-state index contributed by atoms with van der Waals surface area (Å²) in [7, 11) is 0. The molecule has 0 aliphatic carbocycles. The van der Waals surface area contributed by atoms with E-state index in [2.05, 4.69) is 10.1 Å². The predicted molar refractivity (Wildman–Crippen MR) is 58.6 cm³/mol.